The highest BCUT2D eigenvalue weighted by atomic mass is 16.5. The lowest BCUT2D eigenvalue weighted by Crippen LogP contribution is -2.33. The van der Waals surface area contributed by atoms with Crippen LogP contribution in [0.25, 0.3) is 0 Å². The first-order chi connectivity index (χ1) is 7.24. The lowest BCUT2D eigenvalue weighted by Gasteiger charge is -2.32. The van der Waals surface area contributed by atoms with Crippen molar-refractivity contribution in [2.24, 2.45) is 11.8 Å². The molecule has 3 fully saturated rings. The van der Waals surface area contributed by atoms with Crippen LogP contribution in [0.5, 0.6) is 0 Å². The number of ether oxygens (including phenoxy) is 1. The predicted molar refractivity (Wildman–Crippen MR) is 55.4 cm³/mol. The molecule has 6 unspecified atom stereocenters. The van der Waals surface area contributed by atoms with Crippen LogP contribution in [-0.4, -0.2) is 34.6 Å². The van der Waals surface area contributed by atoms with E-state index in [1.807, 2.05) is 0 Å². The fourth-order valence-electron chi connectivity index (χ4n) is 3.78. The summed E-state index contributed by atoms with van der Waals surface area (Å²) in [5, 5.41) is 19.2. The molecule has 15 heavy (non-hydrogen) atoms. The molecule has 2 N–H and O–H groups in total. The second-order valence-corrected chi connectivity index (χ2v) is 5.47. The minimum Gasteiger partial charge on any atom is -0.393 e. The third-order valence-electron chi connectivity index (χ3n) is 4.53. The van der Waals surface area contributed by atoms with Crippen molar-refractivity contribution in [1.82, 2.24) is 0 Å². The second kappa shape index (κ2) is 3.72. The Kier molecular flexibility index (Phi) is 2.49. The molecule has 1 saturated heterocycles. The smallest absolute Gasteiger partial charge is 0.0635 e. The Labute approximate surface area is 90.4 Å². The van der Waals surface area contributed by atoms with E-state index in [1.54, 1.807) is 0 Å². The molecule has 86 valence electrons. The van der Waals surface area contributed by atoms with Gasteiger partial charge in [0.05, 0.1) is 24.4 Å². The molecule has 0 bridgehead atoms. The summed E-state index contributed by atoms with van der Waals surface area (Å²) in [5.41, 5.74) is 0. The van der Waals surface area contributed by atoms with Crippen molar-refractivity contribution in [2.45, 2.75) is 62.9 Å². The summed E-state index contributed by atoms with van der Waals surface area (Å²) in [6.45, 7) is 0. The van der Waals surface area contributed by atoms with Gasteiger partial charge in [-0.1, -0.05) is 0 Å². The molecule has 2 aliphatic carbocycles. The molecular weight excluding hydrogens is 192 g/mol. The Bertz CT molecular complexity index is 219. The van der Waals surface area contributed by atoms with Gasteiger partial charge in [0.15, 0.2) is 0 Å². The molecule has 0 amide bonds. The van der Waals surface area contributed by atoms with Crippen LogP contribution in [0.4, 0.5) is 0 Å². The van der Waals surface area contributed by atoms with Crippen molar-refractivity contribution in [2.75, 3.05) is 0 Å². The summed E-state index contributed by atoms with van der Waals surface area (Å²) < 4.78 is 5.99. The van der Waals surface area contributed by atoms with Crippen molar-refractivity contribution < 1.29 is 14.9 Å². The number of aliphatic hydroxyl groups is 2. The molecule has 3 aliphatic rings. The van der Waals surface area contributed by atoms with Crippen LogP contribution in [0.1, 0.15) is 38.5 Å². The highest BCUT2D eigenvalue weighted by molar-refractivity contribution is 4.97. The lowest BCUT2D eigenvalue weighted by molar-refractivity contribution is -0.0409. The Morgan fingerprint density at radius 3 is 1.67 bits per heavy atom. The topological polar surface area (TPSA) is 49.7 Å². The normalized spacial score (nSPS) is 54.8. The van der Waals surface area contributed by atoms with Crippen molar-refractivity contribution in [3.8, 4) is 0 Å². The molecule has 0 aromatic carbocycles. The van der Waals surface area contributed by atoms with E-state index in [4.69, 9.17) is 4.74 Å². The fraction of sp³-hybridized carbons (Fsp3) is 1.00. The van der Waals surface area contributed by atoms with E-state index >= 15 is 0 Å². The minimum atomic E-state index is -0.156. The van der Waals surface area contributed by atoms with E-state index < -0.39 is 0 Å². The van der Waals surface area contributed by atoms with Gasteiger partial charge in [0.25, 0.3) is 0 Å². The molecule has 0 spiro atoms. The average Bonchev–Trinajstić information content (AvgIpc) is 2.53. The molecule has 3 heteroatoms. The van der Waals surface area contributed by atoms with Crippen LogP contribution in [0, 0.1) is 11.8 Å². The molecule has 2 saturated carbocycles. The van der Waals surface area contributed by atoms with E-state index in [2.05, 4.69) is 0 Å². The summed E-state index contributed by atoms with van der Waals surface area (Å²) in [6, 6.07) is 0. The van der Waals surface area contributed by atoms with Gasteiger partial charge in [-0.05, 0) is 50.4 Å². The Morgan fingerprint density at radius 2 is 1.20 bits per heavy atom. The zero-order chi connectivity index (χ0) is 10.4. The van der Waals surface area contributed by atoms with Gasteiger partial charge in [-0.2, -0.15) is 0 Å². The van der Waals surface area contributed by atoms with Crippen LogP contribution < -0.4 is 0 Å². The van der Waals surface area contributed by atoms with Gasteiger partial charge >= 0.3 is 0 Å². The molecule has 0 radical (unpaired) electrons. The molecule has 0 aromatic heterocycles. The Hall–Kier alpha value is -0.120. The summed E-state index contributed by atoms with van der Waals surface area (Å²) in [4.78, 5) is 0. The van der Waals surface area contributed by atoms with Gasteiger partial charge in [0.2, 0.25) is 0 Å². The Balaban J connectivity index is 1.72. The maximum absolute atomic E-state index is 9.61. The fourth-order valence-corrected chi connectivity index (χ4v) is 3.78. The van der Waals surface area contributed by atoms with Gasteiger partial charge in [0.1, 0.15) is 0 Å². The van der Waals surface area contributed by atoms with Crippen molar-refractivity contribution in [3.05, 3.63) is 0 Å². The van der Waals surface area contributed by atoms with Gasteiger partial charge in [0, 0.05) is 0 Å². The molecule has 3 nitrogen and oxygen atoms in total. The monoisotopic (exact) mass is 212 g/mol. The molecule has 6 atom stereocenters. The van der Waals surface area contributed by atoms with E-state index in [-0.39, 0.29) is 24.4 Å². The van der Waals surface area contributed by atoms with Crippen LogP contribution in [-0.2, 0) is 4.74 Å². The molecule has 1 heterocycles. The zero-order valence-electron chi connectivity index (χ0n) is 9.01. The van der Waals surface area contributed by atoms with Crippen LogP contribution in [0.3, 0.4) is 0 Å². The number of hydrogen-bond donors (Lipinski definition) is 2. The van der Waals surface area contributed by atoms with Gasteiger partial charge in [-0.15, -0.1) is 0 Å². The van der Waals surface area contributed by atoms with E-state index in [9.17, 15) is 10.2 Å². The summed E-state index contributed by atoms with van der Waals surface area (Å²) >= 11 is 0. The number of hydrogen-bond acceptors (Lipinski definition) is 3. The molecule has 1 aliphatic heterocycles. The third kappa shape index (κ3) is 1.71. The third-order valence-corrected chi connectivity index (χ3v) is 4.53. The maximum atomic E-state index is 9.61. The van der Waals surface area contributed by atoms with E-state index in [1.165, 1.54) is 0 Å². The molecular formula is C12H20O3. The highest BCUT2D eigenvalue weighted by Crippen LogP contribution is 2.47. The van der Waals surface area contributed by atoms with Crippen molar-refractivity contribution in [3.63, 3.8) is 0 Å². The first-order valence-electron chi connectivity index (χ1n) is 6.25. The first-order valence-corrected chi connectivity index (χ1v) is 6.25. The number of fused-ring (bicyclic) bond motifs is 3. The van der Waals surface area contributed by atoms with Gasteiger partial charge < -0.3 is 14.9 Å². The number of rotatable bonds is 0. The standard InChI is InChI=1S/C12H20O3/c13-7-1-3-9-10-4-2-8(14)6-12(10)15-11(9)5-7/h7-14H,1-6H2. The van der Waals surface area contributed by atoms with Gasteiger partial charge in [-0.3, -0.25) is 0 Å². The number of aliphatic hydroxyl groups excluding tert-OH is 2. The Morgan fingerprint density at radius 1 is 0.733 bits per heavy atom. The molecule has 0 aromatic rings. The first kappa shape index (κ1) is 10.1. The van der Waals surface area contributed by atoms with Crippen molar-refractivity contribution in [1.29, 1.82) is 0 Å². The summed E-state index contributed by atoms with van der Waals surface area (Å²) in [5.74, 6) is 1.32. The summed E-state index contributed by atoms with van der Waals surface area (Å²) in [6.07, 6.45) is 5.97. The SMILES string of the molecule is OC1CCC2C(C1)OC1CC(O)CCC12. The lowest BCUT2D eigenvalue weighted by atomic mass is 9.72. The quantitative estimate of drug-likeness (QED) is 0.631. The largest absolute Gasteiger partial charge is 0.393 e. The van der Waals surface area contributed by atoms with E-state index in [0.29, 0.717) is 11.8 Å². The van der Waals surface area contributed by atoms with E-state index in [0.717, 1.165) is 38.5 Å². The second-order valence-electron chi connectivity index (χ2n) is 5.47. The predicted octanol–water partition coefficient (Wildman–Crippen LogP) is 1.08. The van der Waals surface area contributed by atoms with Crippen LogP contribution >= 0.6 is 0 Å². The molecule has 3 rings (SSSR count). The minimum absolute atomic E-state index is 0.156. The highest BCUT2D eigenvalue weighted by Gasteiger charge is 2.48. The average molecular weight is 212 g/mol. The maximum Gasteiger partial charge on any atom is 0.0635 e. The van der Waals surface area contributed by atoms with Gasteiger partial charge in [-0.25, -0.2) is 0 Å². The van der Waals surface area contributed by atoms with Crippen LogP contribution in [0.2, 0.25) is 0 Å². The zero-order valence-corrected chi connectivity index (χ0v) is 9.01. The van der Waals surface area contributed by atoms with Crippen molar-refractivity contribution >= 4 is 0 Å². The summed E-state index contributed by atoms with van der Waals surface area (Å²) in [7, 11) is 0. The van der Waals surface area contributed by atoms with Crippen LogP contribution in [0.15, 0.2) is 0 Å².